The van der Waals surface area contributed by atoms with E-state index in [0.717, 1.165) is 5.56 Å². The average Bonchev–Trinajstić information content (AvgIpc) is 3.10. The molecule has 2 heterocycles. The predicted octanol–water partition coefficient (Wildman–Crippen LogP) is 2.95. The fourth-order valence-corrected chi connectivity index (χ4v) is 3.27. The van der Waals surface area contributed by atoms with E-state index in [-0.39, 0.29) is 17.8 Å². The minimum atomic E-state index is -0.137. The molecule has 5 heteroatoms. The van der Waals surface area contributed by atoms with Gasteiger partial charge in [-0.3, -0.25) is 9.59 Å². The molecule has 2 aromatic rings. The summed E-state index contributed by atoms with van der Waals surface area (Å²) >= 11 is 0. The zero-order chi connectivity index (χ0) is 17.6. The highest BCUT2D eigenvalue weighted by Gasteiger charge is 2.29. The number of rotatable bonds is 5. The highest BCUT2D eigenvalue weighted by atomic mass is 16.5. The molecule has 0 spiro atoms. The minimum absolute atomic E-state index is 0.0308. The molecule has 0 saturated carbocycles. The van der Waals surface area contributed by atoms with Crippen molar-refractivity contribution < 1.29 is 14.3 Å². The van der Waals surface area contributed by atoms with Gasteiger partial charge in [-0.25, -0.2) is 0 Å². The van der Waals surface area contributed by atoms with Crippen molar-refractivity contribution in [2.45, 2.75) is 26.3 Å². The molecule has 0 aliphatic carbocycles. The van der Waals surface area contributed by atoms with Crippen LogP contribution in [0, 0.1) is 5.92 Å². The Balaban J connectivity index is 1.63. The maximum absolute atomic E-state index is 12.9. The van der Waals surface area contributed by atoms with Gasteiger partial charge in [-0.05, 0) is 37.5 Å². The Morgan fingerprint density at radius 1 is 1.08 bits per heavy atom. The van der Waals surface area contributed by atoms with E-state index in [1.165, 1.54) is 0 Å². The van der Waals surface area contributed by atoms with E-state index < -0.39 is 0 Å². The first-order chi connectivity index (χ1) is 12.2. The number of benzene rings is 1. The predicted molar refractivity (Wildman–Crippen MR) is 95.2 cm³/mol. The topological polar surface area (TPSA) is 51.5 Å². The number of esters is 1. The van der Waals surface area contributed by atoms with Gasteiger partial charge in [0.25, 0.3) is 5.91 Å². The molecule has 1 aliphatic rings. The number of carbonyl (C=O) groups excluding carboxylic acids is 2. The first-order valence-electron chi connectivity index (χ1n) is 8.84. The molecule has 1 amide bonds. The molecule has 25 heavy (non-hydrogen) atoms. The number of amides is 1. The molecular formula is C20H24N2O3. The van der Waals surface area contributed by atoms with Gasteiger partial charge in [-0.2, -0.15) is 0 Å². The molecule has 0 atom stereocenters. The van der Waals surface area contributed by atoms with E-state index in [2.05, 4.69) is 12.1 Å². The van der Waals surface area contributed by atoms with Crippen LogP contribution in [-0.4, -0.2) is 41.0 Å². The smallest absolute Gasteiger partial charge is 0.309 e. The number of piperidine rings is 1. The third-order valence-corrected chi connectivity index (χ3v) is 4.65. The van der Waals surface area contributed by atoms with Crippen molar-refractivity contribution in [3.05, 3.63) is 59.9 Å². The number of nitrogens with zero attached hydrogens (tertiary/aromatic N) is 2. The average molecular weight is 340 g/mol. The van der Waals surface area contributed by atoms with Crippen molar-refractivity contribution in [2.75, 3.05) is 19.7 Å². The molecule has 1 fully saturated rings. The molecule has 1 aliphatic heterocycles. The van der Waals surface area contributed by atoms with Crippen LogP contribution in [0.4, 0.5) is 0 Å². The number of aromatic nitrogens is 1. The fraction of sp³-hybridized carbons (Fsp3) is 0.400. The Kier molecular flexibility index (Phi) is 5.53. The van der Waals surface area contributed by atoms with E-state index in [1.807, 2.05) is 52.9 Å². The number of carbonyl (C=O) groups is 2. The Bertz CT molecular complexity index is 716. The quantitative estimate of drug-likeness (QED) is 0.787. The van der Waals surface area contributed by atoms with E-state index in [9.17, 15) is 9.59 Å². The SMILES string of the molecule is CCOC(=O)C1CCN(C(=O)c2cccn2Cc2ccccc2)CC1. The molecule has 1 saturated heterocycles. The van der Waals surface area contributed by atoms with Crippen molar-refractivity contribution in [2.24, 2.45) is 5.92 Å². The number of likely N-dealkylation sites (tertiary alicyclic amines) is 1. The molecule has 0 N–H and O–H groups in total. The summed E-state index contributed by atoms with van der Waals surface area (Å²) in [6, 6.07) is 13.9. The van der Waals surface area contributed by atoms with Gasteiger partial charge in [0, 0.05) is 25.8 Å². The van der Waals surface area contributed by atoms with Crippen LogP contribution >= 0.6 is 0 Å². The molecule has 1 aromatic carbocycles. The van der Waals surface area contributed by atoms with Crippen LogP contribution < -0.4 is 0 Å². The van der Waals surface area contributed by atoms with Gasteiger partial charge in [0.1, 0.15) is 5.69 Å². The molecule has 5 nitrogen and oxygen atoms in total. The summed E-state index contributed by atoms with van der Waals surface area (Å²) in [6.07, 6.45) is 3.28. The van der Waals surface area contributed by atoms with Crippen LogP contribution in [0.2, 0.25) is 0 Å². The zero-order valence-electron chi connectivity index (χ0n) is 14.6. The third kappa shape index (κ3) is 4.10. The summed E-state index contributed by atoms with van der Waals surface area (Å²) < 4.78 is 7.07. The first-order valence-corrected chi connectivity index (χ1v) is 8.84. The Labute approximate surface area is 148 Å². The summed E-state index contributed by atoms with van der Waals surface area (Å²) in [5.41, 5.74) is 1.85. The summed E-state index contributed by atoms with van der Waals surface area (Å²) in [5, 5.41) is 0. The monoisotopic (exact) mass is 340 g/mol. The lowest BCUT2D eigenvalue weighted by atomic mass is 9.97. The number of hydrogen-bond donors (Lipinski definition) is 0. The van der Waals surface area contributed by atoms with Crippen LogP contribution in [0.25, 0.3) is 0 Å². The highest BCUT2D eigenvalue weighted by Crippen LogP contribution is 2.21. The van der Waals surface area contributed by atoms with Gasteiger partial charge < -0.3 is 14.2 Å². The van der Waals surface area contributed by atoms with Crippen molar-refractivity contribution in [3.63, 3.8) is 0 Å². The van der Waals surface area contributed by atoms with Gasteiger partial charge in [0.05, 0.1) is 12.5 Å². The molecule has 1 aromatic heterocycles. The summed E-state index contributed by atoms with van der Waals surface area (Å²) in [4.78, 5) is 26.5. The summed E-state index contributed by atoms with van der Waals surface area (Å²) in [5.74, 6) is -0.189. The fourth-order valence-electron chi connectivity index (χ4n) is 3.27. The lowest BCUT2D eigenvalue weighted by Gasteiger charge is -2.31. The molecule has 132 valence electrons. The maximum atomic E-state index is 12.9. The van der Waals surface area contributed by atoms with Crippen molar-refractivity contribution in [3.8, 4) is 0 Å². The molecular weight excluding hydrogens is 316 g/mol. The highest BCUT2D eigenvalue weighted by molar-refractivity contribution is 5.93. The third-order valence-electron chi connectivity index (χ3n) is 4.65. The maximum Gasteiger partial charge on any atom is 0.309 e. The van der Waals surface area contributed by atoms with Crippen LogP contribution in [0.5, 0.6) is 0 Å². The second kappa shape index (κ2) is 8.01. The van der Waals surface area contributed by atoms with E-state index >= 15 is 0 Å². The van der Waals surface area contributed by atoms with Crippen LogP contribution in [0.15, 0.2) is 48.7 Å². The number of ether oxygens (including phenoxy) is 1. The Morgan fingerprint density at radius 3 is 2.48 bits per heavy atom. The van der Waals surface area contributed by atoms with Gasteiger partial charge in [-0.1, -0.05) is 30.3 Å². The van der Waals surface area contributed by atoms with Crippen molar-refractivity contribution in [1.29, 1.82) is 0 Å². The molecule has 0 bridgehead atoms. The largest absolute Gasteiger partial charge is 0.466 e. The van der Waals surface area contributed by atoms with Gasteiger partial charge in [-0.15, -0.1) is 0 Å². The summed E-state index contributed by atoms with van der Waals surface area (Å²) in [6.45, 7) is 4.09. The van der Waals surface area contributed by atoms with E-state index in [0.29, 0.717) is 44.8 Å². The van der Waals surface area contributed by atoms with Crippen LogP contribution in [-0.2, 0) is 16.1 Å². The number of hydrogen-bond acceptors (Lipinski definition) is 3. The summed E-state index contributed by atoms with van der Waals surface area (Å²) in [7, 11) is 0. The van der Waals surface area contributed by atoms with Crippen molar-refractivity contribution in [1.82, 2.24) is 9.47 Å². The minimum Gasteiger partial charge on any atom is -0.466 e. The lowest BCUT2D eigenvalue weighted by molar-refractivity contribution is -0.149. The standard InChI is InChI=1S/C20H24N2O3/c1-2-25-20(24)17-10-13-21(14-11-17)19(23)18-9-6-12-22(18)15-16-7-4-3-5-8-16/h3-9,12,17H,2,10-11,13-15H2,1H3. The zero-order valence-corrected chi connectivity index (χ0v) is 14.6. The molecule has 0 radical (unpaired) electrons. The van der Waals surface area contributed by atoms with Crippen LogP contribution in [0.1, 0.15) is 35.8 Å². The molecule has 3 rings (SSSR count). The van der Waals surface area contributed by atoms with E-state index in [1.54, 1.807) is 0 Å². The van der Waals surface area contributed by atoms with Gasteiger partial charge in [0.2, 0.25) is 0 Å². The first kappa shape index (κ1) is 17.3. The lowest BCUT2D eigenvalue weighted by Crippen LogP contribution is -2.41. The van der Waals surface area contributed by atoms with E-state index in [4.69, 9.17) is 4.74 Å². The second-order valence-corrected chi connectivity index (χ2v) is 6.33. The van der Waals surface area contributed by atoms with Crippen molar-refractivity contribution >= 4 is 11.9 Å². The second-order valence-electron chi connectivity index (χ2n) is 6.33. The molecule has 0 unspecified atom stereocenters. The Morgan fingerprint density at radius 2 is 1.80 bits per heavy atom. The van der Waals surface area contributed by atoms with Gasteiger partial charge >= 0.3 is 5.97 Å². The Hall–Kier alpha value is -2.56. The van der Waals surface area contributed by atoms with Crippen LogP contribution in [0.3, 0.4) is 0 Å². The van der Waals surface area contributed by atoms with Gasteiger partial charge in [0.15, 0.2) is 0 Å². The normalized spacial score (nSPS) is 15.2.